The zero-order valence-electron chi connectivity index (χ0n) is 12.8. The lowest BCUT2D eigenvalue weighted by molar-refractivity contribution is 0.419. The number of nitrogen functional groups attached to an aromatic ring is 1. The van der Waals surface area contributed by atoms with E-state index in [0.29, 0.717) is 29.2 Å². The van der Waals surface area contributed by atoms with E-state index in [2.05, 4.69) is 30.5 Å². The summed E-state index contributed by atoms with van der Waals surface area (Å²) in [5.41, 5.74) is 8.66. The largest absolute Gasteiger partial charge is 0.494 e. The zero-order chi connectivity index (χ0) is 16.5. The highest BCUT2D eigenvalue weighted by molar-refractivity contribution is 5.95. The van der Waals surface area contributed by atoms with Crippen LogP contribution in [0.15, 0.2) is 36.7 Å². The van der Waals surface area contributed by atoms with Crippen LogP contribution in [-0.2, 0) is 6.54 Å². The molecular formula is C15H14N8O. The molecule has 4 rings (SSSR count). The minimum Gasteiger partial charge on any atom is -0.494 e. The molecule has 24 heavy (non-hydrogen) atoms. The van der Waals surface area contributed by atoms with Crippen molar-refractivity contribution in [3.8, 4) is 17.1 Å². The smallest absolute Gasteiger partial charge is 0.221 e. The fourth-order valence-electron chi connectivity index (χ4n) is 2.53. The second kappa shape index (κ2) is 5.61. The van der Waals surface area contributed by atoms with Gasteiger partial charge in [-0.2, -0.15) is 5.10 Å². The highest BCUT2D eigenvalue weighted by atomic mass is 16.5. The average Bonchev–Trinajstić information content (AvgIpc) is 3.26. The molecule has 4 aromatic rings. The third kappa shape index (κ3) is 2.41. The summed E-state index contributed by atoms with van der Waals surface area (Å²) >= 11 is 0. The van der Waals surface area contributed by atoms with Gasteiger partial charge in [0.05, 0.1) is 25.5 Å². The van der Waals surface area contributed by atoms with Crippen molar-refractivity contribution < 1.29 is 4.74 Å². The molecule has 0 aliphatic carbocycles. The molecule has 0 amide bonds. The molecule has 0 saturated carbocycles. The van der Waals surface area contributed by atoms with Crippen LogP contribution in [0.5, 0.6) is 5.75 Å². The van der Waals surface area contributed by atoms with Gasteiger partial charge in [0.25, 0.3) is 0 Å². The predicted molar refractivity (Wildman–Crippen MR) is 87.2 cm³/mol. The molecule has 120 valence electrons. The summed E-state index contributed by atoms with van der Waals surface area (Å²) in [5.74, 6) is 0.790. The molecule has 0 bridgehead atoms. The van der Waals surface area contributed by atoms with Crippen molar-refractivity contribution in [2.75, 3.05) is 12.8 Å². The van der Waals surface area contributed by atoms with Crippen LogP contribution in [0.3, 0.4) is 0 Å². The van der Waals surface area contributed by atoms with Gasteiger partial charge < -0.3 is 10.5 Å². The first-order valence-corrected chi connectivity index (χ1v) is 7.23. The number of methoxy groups -OCH3 is 1. The van der Waals surface area contributed by atoms with E-state index in [1.54, 1.807) is 18.0 Å². The quantitative estimate of drug-likeness (QED) is 0.580. The molecule has 0 aliphatic heterocycles. The first-order chi connectivity index (χ1) is 11.7. The van der Waals surface area contributed by atoms with Crippen LogP contribution in [-0.4, -0.2) is 42.3 Å². The van der Waals surface area contributed by atoms with Crippen LogP contribution in [0.1, 0.15) is 5.69 Å². The van der Waals surface area contributed by atoms with E-state index in [1.165, 1.54) is 0 Å². The molecule has 0 atom stereocenters. The van der Waals surface area contributed by atoms with Gasteiger partial charge in [-0.1, -0.05) is 17.3 Å². The second-order valence-electron chi connectivity index (χ2n) is 5.17. The summed E-state index contributed by atoms with van der Waals surface area (Å²) in [6, 6.07) is 7.48. The fraction of sp³-hybridized carbons (Fsp3) is 0.133. The maximum atomic E-state index is 5.86. The molecular weight excluding hydrogens is 308 g/mol. The van der Waals surface area contributed by atoms with Crippen molar-refractivity contribution in [3.05, 3.63) is 42.4 Å². The number of aromatic amines is 1. The van der Waals surface area contributed by atoms with Gasteiger partial charge in [0.15, 0.2) is 0 Å². The number of hydrogen-bond acceptors (Lipinski definition) is 7. The zero-order valence-corrected chi connectivity index (χ0v) is 12.8. The molecule has 0 aliphatic rings. The molecule has 3 N–H and O–H groups in total. The number of nitrogens with zero attached hydrogens (tertiary/aromatic N) is 6. The monoisotopic (exact) mass is 322 g/mol. The Morgan fingerprint density at radius 2 is 2.17 bits per heavy atom. The molecule has 3 heterocycles. The minimum atomic E-state index is 0.158. The molecule has 9 nitrogen and oxygen atoms in total. The van der Waals surface area contributed by atoms with Gasteiger partial charge in [-0.15, -0.1) is 5.10 Å². The third-order valence-corrected chi connectivity index (χ3v) is 3.60. The van der Waals surface area contributed by atoms with Crippen molar-refractivity contribution in [3.63, 3.8) is 0 Å². The van der Waals surface area contributed by atoms with Crippen molar-refractivity contribution >= 4 is 16.9 Å². The Morgan fingerprint density at radius 1 is 1.25 bits per heavy atom. The van der Waals surface area contributed by atoms with Gasteiger partial charge in [0, 0.05) is 11.6 Å². The molecule has 0 fully saturated rings. The number of hydrogen-bond donors (Lipinski definition) is 2. The number of nitrogens with two attached hydrogens (primary N) is 1. The summed E-state index contributed by atoms with van der Waals surface area (Å²) in [4.78, 5) is 8.61. The summed E-state index contributed by atoms with van der Waals surface area (Å²) in [5, 5.41) is 15.9. The lowest BCUT2D eigenvalue weighted by Gasteiger charge is -2.07. The van der Waals surface area contributed by atoms with E-state index in [4.69, 9.17) is 10.5 Å². The summed E-state index contributed by atoms with van der Waals surface area (Å²) in [7, 11) is 1.59. The number of benzene rings is 1. The van der Waals surface area contributed by atoms with Crippen molar-refractivity contribution in [2.45, 2.75) is 6.54 Å². The van der Waals surface area contributed by atoms with E-state index < -0.39 is 0 Å². The number of fused-ring (bicyclic) bond motifs is 1. The Balaban J connectivity index is 1.80. The van der Waals surface area contributed by atoms with Crippen LogP contribution in [0.25, 0.3) is 22.3 Å². The summed E-state index contributed by atoms with van der Waals surface area (Å²) in [6.45, 7) is 0.537. The Morgan fingerprint density at radius 3 is 2.96 bits per heavy atom. The van der Waals surface area contributed by atoms with Crippen LogP contribution in [0.4, 0.5) is 5.95 Å². The normalized spacial score (nSPS) is 11.0. The van der Waals surface area contributed by atoms with E-state index in [0.717, 1.165) is 11.1 Å². The van der Waals surface area contributed by atoms with Gasteiger partial charge in [0.1, 0.15) is 22.7 Å². The molecule has 0 unspecified atom stereocenters. The lowest BCUT2D eigenvalue weighted by Crippen LogP contribution is -2.00. The fourth-order valence-corrected chi connectivity index (χ4v) is 2.53. The van der Waals surface area contributed by atoms with Gasteiger partial charge in [-0.25, -0.2) is 14.6 Å². The van der Waals surface area contributed by atoms with E-state index in [-0.39, 0.29) is 5.95 Å². The van der Waals surface area contributed by atoms with Crippen LogP contribution >= 0.6 is 0 Å². The number of nitrogens with one attached hydrogen (secondary N) is 1. The average molecular weight is 322 g/mol. The summed E-state index contributed by atoms with van der Waals surface area (Å²) < 4.78 is 7.05. The van der Waals surface area contributed by atoms with Gasteiger partial charge in [-0.3, -0.25) is 5.10 Å². The molecule has 1 aromatic carbocycles. The van der Waals surface area contributed by atoms with E-state index in [9.17, 15) is 0 Å². The van der Waals surface area contributed by atoms with Crippen molar-refractivity contribution in [1.29, 1.82) is 0 Å². The Hall–Kier alpha value is -3.49. The van der Waals surface area contributed by atoms with Crippen molar-refractivity contribution in [2.24, 2.45) is 0 Å². The number of H-pyrrole nitrogens is 1. The number of para-hydroxylation sites is 1. The third-order valence-electron chi connectivity index (χ3n) is 3.60. The predicted octanol–water partition coefficient (Wildman–Crippen LogP) is 1.25. The highest BCUT2D eigenvalue weighted by Crippen LogP contribution is 2.30. The van der Waals surface area contributed by atoms with Crippen LogP contribution < -0.4 is 10.5 Å². The molecule has 3 aromatic heterocycles. The van der Waals surface area contributed by atoms with Gasteiger partial charge in [0.2, 0.25) is 5.95 Å². The maximum Gasteiger partial charge on any atom is 0.221 e. The number of rotatable bonds is 4. The Bertz CT molecular complexity index is 992. The number of aromatic nitrogens is 7. The van der Waals surface area contributed by atoms with Gasteiger partial charge in [-0.05, 0) is 12.1 Å². The van der Waals surface area contributed by atoms with Gasteiger partial charge >= 0.3 is 0 Å². The molecule has 0 spiro atoms. The number of anilines is 1. The first kappa shape index (κ1) is 14.1. The van der Waals surface area contributed by atoms with Crippen molar-refractivity contribution in [1.82, 2.24) is 35.2 Å². The standard InChI is InChI=1S/C15H14N8O/c1-24-12-4-2-3-10-13(18-15(16)19-14(10)12)11-8-23(22-21-11)7-9-5-6-17-20-9/h2-6,8H,7H2,1H3,(H,17,20)(H2,16,18,19). The molecule has 9 heteroatoms. The summed E-state index contributed by atoms with van der Waals surface area (Å²) in [6.07, 6.45) is 3.50. The molecule has 0 saturated heterocycles. The minimum absolute atomic E-state index is 0.158. The van der Waals surface area contributed by atoms with Crippen LogP contribution in [0, 0.1) is 0 Å². The van der Waals surface area contributed by atoms with E-state index >= 15 is 0 Å². The Labute approximate surface area is 136 Å². The van der Waals surface area contributed by atoms with E-state index in [1.807, 2.05) is 30.5 Å². The number of ether oxygens (including phenoxy) is 1. The lowest BCUT2D eigenvalue weighted by atomic mass is 10.1. The Kier molecular flexibility index (Phi) is 3.30. The maximum absolute atomic E-state index is 5.86. The van der Waals surface area contributed by atoms with Crippen LogP contribution in [0.2, 0.25) is 0 Å². The second-order valence-corrected chi connectivity index (χ2v) is 5.17. The molecule has 0 radical (unpaired) electrons. The first-order valence-electron chi connectivity index (χ1n) is 7.23. The highest BCUT2D eigenvalue weighted by Gasteiger charge is 2.15. The topological polar surface area (TPSA) is 120 Å². The SMILES string of the molecule is COc1cccc2c(-c3cn(Cc4ccn[nH]4)nn3)nc(N)nc12.